The molecular formula is C11H18O. The van der Waals surface area contributed by atoms with Crippen molar-refractivity contribution < 1.29 is 4.74 Å². The van der Waals surface area contributed by atoms with Crippen LogP contribution in [-0.2, 0) is 4.74 Å². The first-order valence-corrected chi connectivity index (χ1v) is 4.42. The van der Waals surface area contributed by atoms with E-state index in [9.17, 15) is 0 Å². The molecule has 0 aliphatic carbocycles. The minimum Gasteiger partial charge on any atom is -0.489 e. The Balaban J connectivity index is 4.55. The van der Waals surface area contributed by atoms with Gasteiger partial charge >= 0.3 is 0 Å². The van der Waals surface area contributed by atoms with Gasteiger partial charge in [-0.15, -0.1) is 0 Å². The summed E-state index contributed by atoms with van der Waals surface area (Å²) >= 11 is 0. The summed E-state index contributed by atoms with van der Waals surface area (Å²) in [4.78, 5) is 0. The molecule has 0 saturated carbocycles. The zero-order chi connectivity index (χ0) is 9.40. The summed E-state index contributed by atoms with van der Waals surface area (Å²) in [5, 5.41) is 0. The SMILES string of the molecule is CCC=C=C(OC)/C(C)=C\CC. The summed E-state index contributed by atoms with van der Waals surface area (Å²) in [6.07, 6.45) is 6.14. The van der Waals surface area contributed by atoms with E-state index in [-0.39, 0.29) is 0 Å². The Bertz CT molecular complexity index is 205. The molecule has 0 amide bonds. The highest BCUT2D eigenvalue weighted by molar-refractivity contribution is 5.22. The van der Waals surface area contributed by atoms with E-state index in [4.69, 9.17) is 4.74 Å². The lowest BCUT2D eigenvalue weighted by Gasteiger charge is -2.01. The largest absolute Gasteiger partial charge is 0.489 e. The standard InChI is InChI=1S/C11H18O/c1-5-7-9-11(12-4)10(3)8-6-2/h7-8H,5-6H2,1-4H3/b10-8-. The fourth-order valence-corrected chi connectivity index (χ4v) is 0.927. The smallest absolute Gasteiger partial charge is 0.164 e. The Labute approximate surface area is 75.4 Å². The van der Waals surface area contributed by atoms with Crippen molar-refractivity contribution in [2.24, 2.45) is 0 Å². The van der Waals surface area contributed by atoms with E-state index in [2.05, 4.69) is 25.7 Å². The van der Waals surface area contributed by atoms with Crippen LogP contribution in [0.4, 0.5) is 0 Å². The Hall–Kier alpha value is -0.940. The highest BCUT2D eigenvalue weighted by Gasteiger charge is 1.94. The van der Waals surface area contributed by atoms with Gasteiger partial charge in [-0.25, -0.2) is 0 Å². The monoisotopic (exact) mass is 166 g/mol. The van der Waals surface area contributed by atoms with Gasteiger partial charge in [0.1, 0.15) is 0 Å². The van der Waals surface area contributed by atoms with E-state index >= 15 is 0 Å². The lowest BCUT2D eigenvalue weighted by molar-refractivity contribution is 0.301. The highest BCUT2D eigenvalue weighted by Crippen LogP contribution is 2.08. The average molecular weight is 166 g/mol. The molecule has 0 unspecified atom stereocenters. The first-order valence-electron chi connectivity index (χ1n) is 4.42. The number of rotatable bonds is 4. The lowest BCUT2D eigenvalue weighted by Crippen LogP contribution is -1.86. The van der Waals surface area contributed by atoms with E-state index in [1.54, 1.807) is 7.11 Å². The van der Waals surface area contributed by atoms with Gasteiger partial charge < -0.3 is 4.74 Å². The van der Waals surface area contributed by atoms with Gasteiger partial charge in [0.15, 0.2) is 5.76 Å². The van der Waals surface area contributed by atoms with Crippen LogP contribution in [0.3, 0.4) is 0 Å². The minimum atomic E-state index is 0.846. The summed E-state index contributed by atoms with van der Waals surface area (Å²) in [7, 11) is 1.68. The number of ether oxygens (including phenoxy) is 1. The third kappa shape index (κ3) is 4.05. The molecular weight excluding hydrogens is 148 g/mol. The summed E-state index contributed by atoms with van der Waals surface area (Å²) in [5.41, 5.74) is 4.26. The third-order valence-corrected chi connectivity index (χ3v) is 1.51. The molecule has 0 fully saturated rings. The normalized spacial score (nSPS) is 10.5. The van der Waals surface area contributed by atoms with Crippen molar-refractivity contribution in [2.75, 3.05) is 7.11 Å². The van der Waals surface area contributed by atoms with Crippen molar-refractivity contribution in [2.45, 2.75) is 33.6 Å². The molecule has 0 aliphatic rings. The molecule has 1 nitrogen and oxygen atoms in total. The quantitative estimate of drug-likeness (QED) is 0.353. The summed E-state index contributed by atoms with van der Waals surface area (Å²) < 4.78 is 5.17. The molecule has 0 bridgehead atoms. The molecule has 0 spiro atoms. The van der Waals surface area contributed by atoms with E-state index < -0.39 is 0 Å². The van der Waals surface area contributed by atoms with Gasteiger partial charge in [0.2, 0.25) is 0 Å². The molecule has 0 atom stereocenters. The summed E-state index contributed by atoms with van der Waals surface area (Å²) in [6.45, 7) is 6.23. The van der Waals surface area contributed by atoms with Crippen LogP contribution in [0.1, 0.15) is 33.6 Å². The molecule has 68 valence electrons. The van der Waals surface area contributed by atoms with Gasteiger partial charge in [-0.3, -0.25) is 0 Å². The zero-order valence-electron chi connectivity index (χ0n) is 8.48. The van der Waals surface area contributed by atoms with E-state index in [1.165, 1.54) is 0 Å². The fourth-order valence-electron chi connectivity index (χ4n) is 0.927. The van der Waals surface area contributed by atoms with Crippen LogP contribution >= 0.6 is 0 Å². The van der Waals surface area contributed by atoms with Crippen LogP contribution in [-0.4, -0.2) is 7.11 Å². The Kier molecular flexibility index (Phi) is 6.22. The highest BCUT2D eigenvalue weighted by atomic mass is 16.5. The van der Waals surface area contributed by atoms with Crippen molar-refractivity contribution in [3.8, 4) is 0 Å². The number of allylic oxidation sites excluding steroid dienone is 2. The third-order valence-electron chi connectivity index (χ3n) is 1.51. The maximum absolute atomic E-state index is 5.17. The van der Waals surface area contributed by atoms with Crippen LogP contribution < -0.4 is 0 Å². The van der Waals surface area contributed by atoms with E-state index in [1.807, 2.05) is 13.0 Å². The van der Waals surface area contributed by atoms with Gasteiger partial charge in [0, 0.05) is 0 Å². The van der Waals surface area contributed by atoms with Crippen LogP contribution in [0.5, 0.6) is 0 Å². The number of hydrogen-bond acceptors (Lipinski definition) is 1. The Morgan fingerprint density at radius 1 is 1.33 bits per heavy atom. The van der Waals surface area contributed by atoms with Crippen molar-refractivity contribution >= 4 is 0 Å². The topological polar surface area (TPSA) is 9.23 Å². The average Bonchev–Trinajstić information content (AvgIpc) is 2.06. The van der Waals surface area contributed by atoms with Crippen LogP contribution in [0.15, 0.2) is 29.2 Å². The molecule has 0 aromatic carbocycles. The van der Waals surface area contributed by atoms with E-state index in [0.717, 1.165) is 24.2 Å². The molecule has 0 N–H and O–H groups in total. The molecule has 0 aromatic heterocycles. The first-order chi connectivity index (χ1) is 5.76. The maximum atomic E-state index is 5.17. The molecule has 1 heteroatoms. The Morgan fingerprint density at radius 3 is 2.42 bits per heavy atom. The van der Waals surface area contributed by atoms with Gasteiger partial charge in [-0.05, 0) is 31.4 Å². The molecule has 0 heterocycles. The lowest BCUT2D eigenvalue weighted by atomic mass is 10.2. The molecule has 12 heavy (non-hydrogen) atoms. The zero-order valence-corrected chi connectivity index (χ0v) is 8.48. The second-order valence-electron chi connectivity index (χ2n) is 2.59. The molecule has 0 aromatic rings. The predicted molar refractivity (Wildman–Crippen MR) is 52.9 cm³/mol. The van der Waals surface area contributed by atoms with Gasteiger partial charge in [0.25, 0.3) is 0 Å². The summed E-state index contributed by atoms with van der Waals surface area (Å²) in [5.74, 6) is 0.846. The van der Waals surface area contributed by atoms with Crippen molar-refractivity contribution in [1.29, 1.82) is 0 Å². The van der Waals surface area contributed by atoms with E-state index in [0.29, 0.717) is 0 Å². The molecule has 0 aliphatic heterocycles. The van der Waals surface area contributed by atoms with Gasteiger partial charge in [0.05, 0.1) is 7.11 Å². The van der Waals surface area contributed by atoms with Crippen molar-refractivity contribution in [3.05, 3.63) is 29.2 Å². The molecule has 0 rings (SSSR count). The number of hydrogen-bond donors (Lipinski definition) is 0. The van der Waals surface area contributed by atoms with Crippen LogP contribution in [0.25, 0.3) is 0 Å². The van der Waals surface area contributed by atoms with Gasteiger partial charge in [-0.2, -0.15) is 0 Å². The van der Waals surface area contributed by atoms with Gasteiger partial charge in [-0.1, -0.05) is 25.7 Å². The van der Waals surface area contributed by atoms with Crippen molar-refractivity contribution in [1.82, 2.24) is 0 Å². The fraction of sp³-hybridized carbons (Fsp3) is 0.545. The second kappa shape index (κ2) is 6.75. The minimum absolute atomic E-state index is 0.846. The predicted octanol–water partition coefficient (Wildman–Crippen LogP) is 3.44. The van der Waals surface area contributed by atoms with Crippen molar-refractivity contribution in [3.63, 3.8) is 0 Å². The van der Waals surface area contributed by atoms with Crippen LogP contribution in [0.2, 0.25) is 0 Å². The maximum Gasteiger partial charge on any atom is 0.164 e. The summed E-state index contributed by atoms with van der Waals surface area (Å²) in [6, 6.07) is 0. The molecule has 0 radical (unpaired) electrons. The van der Waals surface area contributed by atoms with Crippen LogP contribution in [0, 0.1) is 0 Å². The number of methoxy groups -OCH3 is 1. The Morgan fingerprint density at radius 2 is 2.00 bits per heavy atom. The first kappa shape index (κ1) is 11.1. The molecule has 0 saturated heterocycles. The second-order valence-corrected chi connectivity index (χ2v) is 2.59.